The first kappa shape index (κ1) is 26.3. The van der Waals surface area contributed by atoms with Crippen LogP contribution in [0.5, 0.6) is 0 Å². The number of ether oxygens (including phenoxy) is 2. The molecular formula is C25H23ClF3NO5. The van der Waals surface area contributed by atoms with Gasteiger partial charge < -0.3 is 9.47 Å². The summed E-state index contributed by atoms with van der Waals surface area (Å²) in [5, 5.41) is 0.396. The van der Waals surface area contributed by atoms with Crippen LogP contribution >= 0.6 is 11.6 Å². The number of nitrogens with zero attached hydrogens (tertiary/aromatic N) is 1. The van der Waals surface area contributed by atoms with Crippen molar-refractivity contribution in [3.05, 3.63) is 76.0 Å². The molecular weight excluding hydrogens is 487 g/mol. The molecule has 1 aliphatic rings. The van der Waals surface area contributed by atoms with E-state index in [2.05, 4.69) is 0 Å². The predicted molar refractivity (Wildman–Crippen MR) is 123 cm³/mol. The van der Waals surface area contributed by atoms with E-state index in [0.29, 0.717) is 10.6 Å². The van der Waals surface area contributed by atoms with E-state index in [1.807, 2.05) is 0 Å². The highest BCUT2D eigenvalue weighted by Crippen LogP contribution is 2.44. The van der Waals surface area contributed by atoms with Gasteiger partial charge in [-0.2, -0.15) is 13.2 Å². The van der Waals surface area contributed by atoms with E-state index in [0.717, 1.165) is 23.1 Å². The smallest absolute Gasteiger partial charge is 0.416 e. The highest BCUT2D eigenvalue weighted by molar-refractivity contribution is 6.30. The van der Waals surface area contributed by atoms with E-state index in [-0.39, 0.29) is 30.2 Å². The number of hydrogen-bond acceptors (Lipinski definition) is 5. The Morgan fingerprint density at radius 3 is 2.23 bits per heavy atom. The van der Waals surface area contributed by atoms with Crippen LogP contribution in [-0.2, 0) is 30.0 Å². The van der Waals surface area contributed by atoms with Crippen molar-refractivity contribution in [3.63, 3.8) is 0 Å². The van der Waals surface area contributed by atoms with Crippen LogP contribution in [0.25, 0.3) is 0 Å². The van der Waals surface area contributed by atoms with Crippen LogP contribution in [0.4, 0.5) is 18.9 Å². The number of anilines is 1. The van der Waals surface area contributed by atoms with Crippen molar-refractivity contribution in [3.8, 4) is 0 Å². The second-order valence-electron chi connectivity index (χ2n) is 7.70. The largest absolute Gasteiger partial charge is 0.465 e. The maximum Gasteiger partial charge on any atom is 0.416 e. The fourth-order valence-electron chi connectivity index (χ4n) is 4.08. The molecule has 0 aliphatic carbocycles. The predicted octanol–water partition coefficient (Wildman–Crippen LogP) is 5.51. The van der Waals surface area contributed by atoms with Crippen LogP contribution in [0.15, 0.2) is 59.8 Å². The molecule has 2 aromatic carbocycles. The van der Waals surface area contributed by atoms with Gasteiger partial charge in [-0.15, -0.1) is 0 Å². The molecule has 0 bridgehead atoms. The zero-order valence-electron chi connectivity index (χ0n) is 19.2. The summed E-state index contributed by atoms with van der Waals surface area (Å²) < 4.78 is 50.5. The molecule has 0 radical (unpaired) electrons. The number of amides is 1. The Balaban J connectivity index is 2.30. The SMILES string of the molecule is CCOC(=O)C1=C(C)N(c2cccc(C(F)(F)F)c2)C(=O)C(C(=O)OCC)C1c1ccc(Cl)cc1. The quantitative estimate of drug-likeness (QED) is 0.379. The molecule has 35 heavy (non-hydrogen) atoms. The van der Waals surface area contributed by atoms with E-state index >= 15 is 0 Å². The van der Waals surface area contributed by atoms with Gasteiger partial charge in [-0.3, -0.25) is 14.5 Å². The Hall–Kier alpha value is -3.33. The summed E-state index contributed by atoms with van der Waals surface area (Å²) in [6.07, 6.45) is -4.66. The van der Waals surface area contributed by atoms with Gasteiger partial charge in [0.25, 0.3) is 0 Å². The van der Waals surface area contributed by atoms with Gasteiger partial charge in [0.2, 0.25) is 5.91 Å². The minimum absolute atomic E-state index is 0.00449. The van der Waals surface area contributed by atoms with Crippen LogP contribution in [0.1, 0.15) is 37.8 Å². The summed E-state index contributed by atoms with van der Waals surface area (Å²) in [6.45, 7) is 4.53. The molecule has 1 aliphatic heterocycles. The van der Waals surface area contributed by atoms with Crippen LogP contribution in [0.2, 0.25) is 5.02 Å². The molecule has 10 heteroatoms. The summed E-state index contributed by atoms with van der Waals surface area (Å²) in [6, 6.07) is 10.3. The van der Waals surface area contributed by atoms with Crippen LogP contribution < -0.4 is 4.90 Å². The lowest BCUT2D eigenvalue weighted by molar-refractivity contribution is -0.152. The molecule has 0 saturated carbocycles. The lowest BCUT2D eigenvalue weighted by Gasteiger charge is -2.38. The van der Waals surface area contributed by atoms with Crippen molar-refractivity contribution in [2.45, 2.75) is 32.9 Å². The Morgan fingerprint density at radius 1 is 1.03 bits per heavy atom. The Labute approximate surface area is 205 Å². The Bertz CT molecular complexity index is 1160. The second kappa shape index (κ2) is 10.5. The van der Waals surface area contributed by atoms with Gasteiger partial charge >= 0.3 is 18.1 Å². The summed E-state index contributed by atoms with van der Waals surface area (Å²) >= 11 is 6.00. The molecule has 3 rings (SSSR count). The third-order valence-corrected chi connectivity index (χ3v) is 5.80. The molecule has 1 amide bonds. The number of esters is 2. The zero-order chi connectivity index (χ0) is 25.9. The maximum absolute atomic E-state index is 13.7. The minimum atomic E-state index is -4.66. The number of carbonyl (C=O) groups excluding carboxylic acids is 3. The van der Waals surface area contributed by atoms with Crippen molar-refractivity contribution in [2.75, 3.05) is 18.1 Å². The molecule has 2 atom stereocenters. The number of allylic oxidation sites excluding steroid dienone is 1. The minimum Gasteiger partial charge on any atom is -0.465 e. The molecule has 0 aromatic heterocycles. The molecule has 0 N–H and O–H groups in total. The first-order valence-corrected chi connectivity index (χ1v) is 11.2. The van der Waals surface area contributed by atoms with Gasteiger partial charge in [-0.05, 0) is 56.7 Å². The topological polar surface area (TPSA) is 72.9 Å². The lowest BCUT2D eigenvalue weighted by Crippen LogP contribution is -2.48. The fourth-order valence-corrected chi connectivity index (χ4v) is 4.21. The maximum atomic E-state index is 13.7. The van der Waals surface area contributed by atoms with E-state index in [1.54, 1.807) is 38.1 Å². The van der Waals surface area contributed by atoms with Gasteiger partial charge in [-0.25, -0.2) is 4.79 Å². The normalized spacial score (nSPS) is 18.5. The van der Waals surface area contributed by atoms with Crippen LogP contribution in [0.3, 0.4) is 0 Å². The molecule has 6 nitrogen and oxygen atoms in total. The summed E-state index contributed by atoms with van der Waals surface area (Å²) in [5.41, 5.74) is -0.696. The third-order valence-electron chi connectivity index (χ3n) is 5.55. The lowest BCUT2D eigenvalue weighted by atomic mass is 9.75. The number of benzene rings is 2. The summed E-state index contributed by atoms with van der Waals surface area (Å²) in [7, 11) is 0. The Kier molecular flexibility index (Phi) is 7.90. The first-order chi connectivity index (χ1) is 16.5. The number of alkyl halides is 3. The van der Waals surface area contributed by atoms with Crippen molar-refractivity contribution in [1.29, 1.82) is 0 Å². The van der Waals surface area contributed by atoms with Crippen LogP contribution in [-0.4, -0.2) is 31.1 Å². The number of carbonyl (C=O) groups is 3. The average molecular weight is 510 g/mol. The Morgan fingerprint density at radius 2 is 1.66 bits per heavy atom. The molecule has 1 heterocycles. The van der Waals surface area contributed by atoms with Crippen molar-refractivity contribution < 1.29 is 37.0 Å². The summed E-state index contributed by atoms with van der Waals surface area (Å²) in [4.78, 5) is 40.8. The first-order valence-electron chi connectivity index (χ1n) is 10.8. The van der Waals surface area contributed by atoms with Gasteiger partial charge in [-0.1, -0.05) is 29.8 Å². The van der Waals surface area contributed by atoms with Crippen LogP contribution in [0, 0.1) is 5.92 Å². The van der Waals surface area contributed by atoms with E-state index in [4.69, 9.17) is 21.1 Å². The molecule has 2 aromatic rings. The molecule has 186 valence electrons. The average Bonchev–Trinajstić information content (AvgIpc) is 2.79. The fraction of sp³-hybridized carbons (Fsp3) is 0.320. The van der Waals surface area contributed by atoms with Crippen molar-refractivity contribution in [2.24, 2.45) is 5.92 Å². The van der Waals surface area contributed by atoms with Gasteiger partial charge in [0.15, 0.2) is 0 Å². The zero-order valence-corrected chi connectivity index (χ0v) is 19.9. The second-order valence-corrected chi connectivity index (χ2v) is 8.14. The van der Waals surface area contributed by atoms with Crippen molar-refractivity contribution >= 4 is 35.1 Å². The number of halogens is 4. The molecule has 2 unspecified atom stereocenters. The highest BCUT2D eigenvalue weighted by atomic mass is 35.5. The van der Waals surface area contributed by atoms with E-state index in [9.17, 15) is 27.6 Å². The van der Waals surface area contributed by atoms with Gasteiger partial charge in [0.1, 0.15) is 5.92 Å². The van der Waals surface area contributed by atoms with E-state index in [1.165, 1.54) is 13.0 Å². The number of rotatable bonds is 6. The molecule has 0 fully saturated rings. The molecule has 0 saturated heterocycles. The summed E-state index contributed by atoms with van der Waals surface area (Å²) in [5.74, 6) is -5.19. The highest BCUT2D eigenvalue weighted by Gasteiger charge is 2.49. The van der Waals surface area contributed by atoms with Crippen molar-refractivity contribution in [1.82, 2.24) is 0 Å². The molecule has 0 spiro atoms. The van der Waals surface area contributed by atoms with E-state index < -0.39 is 41.4 Å². The standard InChI is InChI=1S/C25H23ClF3NO5/c1-4-34-23(32)19-14(3)30(18-8-6-7-16(13-18)25(27,28)29)22(31)21(24(33)35-5-2)20(19)15-9-11-17(26)12-10-15/h6-13,20-21H,4-5H2,1-3H3. The number of hydrogen-bond donors (Lipinski definition) is 0. The van der Waals surface area contributed by atoms with Gasteiger partial charge in [0.05, 0.1) is 24.4 Å². The third kappa shape index (κ3) is 5.35. The van der Waals surface area contributed by atoms with Gasteiger partial charge in [0, 0.05) is 22.3 Å². The monoisotopic (exact) mass is 509 g/mol.